The van der Waals surface area contributed by atoms with Crippen LogP contribution in [0.15, 0.2) is 158 Å². The van der Waals surface area contributed by atoms with Crippen molar-refractivity contribution in [1.82, 2.24) is 0 Å². The van der Waals surface area contributed by atoms with Gasteiger partial charge >= 0.3 is 26.2 Å². The number of nitrogens with one attached hydrogen (secondary N) is 1. The van der Waals surface area contributed by atoms with Crippen LogP contribution < -0.4 is 5.32 Å². The number of hydrogen-bond acceptors (Lipinski definition) is 3. The molecule has 0 radical (unpaired) electrons. The summed E-state index contributed by atoms with van der Waals surface area (Å²) >= 11 is 0. The van der Waals surface area contributed by atoms with Crippen molar-refractivity contribution in [2.75, 3.05) is 31.6 Å². The summed E-state index contributed by atoms with van der Waals surface area (Å²) in [5, 5.41) is 8.57. The summed E-state index contributed by atoms with van der Waals surface area (Å²) in [6, 6.07) is 53.1. The summed E-state index contributed by atoms with van der Waals surface area (Å²) in [4.78, 5) is 0. The first-order chi connectivity index (χ1) is 31.8. The van der Waals surface area contributed by atoms with Gasteiger partial charge in [0.2, 0.25) is 0 Å². The first-order valence-corrected chi connectivity index (χ1v) is 24.3. The fourth-order valence-electron chi connectivity index (χ4n) is 7.42. The maximum Gasteiger partial charge on any atom is 4.00 e. The molecule has 2 fully saturated rings. The summed E-state index contributed by atoms with van der Waals surface area (Å²) in [7, 11) is 0. The summed E-state index contributed by atoms with van der Waals surface area (Å²) in [6.45, 7) is 34.8. The Morgan fingerprint density at radius 1 is 0.478 bits per heavy atom. The second kappa shape index (κ2) is 33.7. The van der Waals surface area contributed by atoms with Crippen LogP contribution in [0.5, 0.6) is 0 Å². The molecule has 2 saturated heterocycles. The second-order valence-electron chi connectivity index (χ2n) is 18.3. The third-order valence-electron chi connectivity index (χ3n) is 11.2. The average molecular weight is 979 g/mol. The van der Waals surface area contributed by atoms with E-state index in [2.05, 4.69) is 137 Å². The molecule has 2 aliphatic heterocycles. The van der Waals surface area contributed by atoms with Gasteiger partial charge in [-0.25, -0.2) is 0 Å². The van der Waals surface area contributed by atoms with Gasteiger partial charge in [-0.15, -0.1) is 48.6 Å². The minimum atomic E-state index is 0. The number of nitrogens with zero attached hydrogens (tertiary/aromatic N) is 1. The van der Waals surface area contributed by atoms with Crippen LogP contribution in [0.25, 0.3) is 5.32 Å². The van der Waals surface area contributed by atoms with Crippen LogP contribution in [0.1, 0.15) is 149 Å². The normalized spacial score (nSPS) is 14.6. The van der Waals surface area contributed by atoms with Crippen LogP contribution in [0.4, 0.5) is 11.4 Å². The van der Waals surface area contributed by atoms with Crippen LogP contribution in [0.3, 0.4) is 0 Å². The first-order valence-electron chi connectivity index (χ1n) is 24.3. The Kier molecular flexibility index (Phi) is 29.4. The van der Waals surface area contributed by atoms with Gasteiger partial charge in [0.05, 0.1) is 6.10 Å². The molecule has 6 aromatic carbocycles. The molecule has 356 valence electrons. The molecule has 0 bridgehead atoms. The molecule has 8 rings (SSSR count). The van der Waals surface area contributed by atoms with Crippen molar-refractivity contribution in [3.63, 3.8) is 0 Å². The van der Waals surface area contributed by atoms with Crippen molar-refractivity contribution in [3.8, 4) is 0 Å². The first kappa shape index (κ1) is 58.5. The SMILES string of the molecule is CC(C)c1cccc(C(C)C)c1NCC1CCCO1.CC(C)c1cccc(C(C)C)c1[N-]CC1CCCO1.Cc1ccccc1.[CH2-]c1ccccc1.[CH2-]c1ccccc1.[CH2-]c1ccccc1.[Zr+4]. The Bertz CT molecular complexity index is 1830. The Hall–Kier alpha value is -4.67. The molecule has 4 nitrogen and oxygen atoms in total. The van der Waals surface area contributed by atoms with Crippen LogP contribution in [0.2, 0.25) is 0 Å². The number of benzene rings is 6. The predicted octanol–water partition coefficient (Wildman–Crippen LogP) is 17.2. The van der Waals surface area contributed by atoms with Crippen molar-refractivity contribution in [1.29, 1.82) is 0 Å². The summed E-state index contributed by atoms with van der Waals surface area (Å²) in [6.07, 6.45) is 5.46. The van der Waals surface area contributed by atoms with Crippen LogP contribution in [-0.4, -0.2) is 38.5 Å². The predicted molar refractivity (Wildman–Crippen MR) is 287 cm³/mol. The van der Waals surface area contributed by atoms with Crippen LogP contribution in [-0.2, 0) is 35.7 Å². The van der Waals surface area contributed by atoms with Gasteiger partial charge in [-0.1, -0.05) is 157 Å². The van der Waals surface area contributed by atoms with Gasteiger partial charge in [-0.05, 0) is 67.4 Å². The number of para-hydroxylation sites is 2. The van der Waals surface area contributed by atoms with Gasteiger partial charge in [-0.2, -0.15) is 73.9 Å². The molecule has 0 saturated carbocycles. The van der Waals surface area contributed by atoms with Crippen molar-refractivity contribution in [2.45, 2.75) is 124 Å². The topological polar surface area (TPSA) is 44.6 Å². The molecular formula is C62H82N2O2Zr. The molecule has 2 atom stereocenters. The molecule has 2 aliphatic rings. The summed E-state index contributed by atoms with van der Waals surface area (Å²) in [5.74, 6) is 2.13. The minimum Gasteiger partial charge on any atom is -0.682 e. The molecule has 2 unspecified atom stereocenters. The third-order valence-corrected chi connectivity index (χ3v) is 11.2. The smallest absolute Gasteiger partial charge is 0.682 e. The van der Waals surface area contributed by atoms with E-state index >= 15 is 0 Å². The van der Waals surface area contributed by atoms with E-state index in [1.54, 1.807) is 0 Å². The zero-order valence-electron chi connectivity index (χ0n) is 42.5. The number of aryl methyl sites for hydroxylation is 1. The van der Waals surface area contributed by atoms with Gasteiger partial charge in [0.25, 0.3) is 0 Å². The molecule has 5 heteroatoms. The van der Waals surface area contributed by atoms with Crippen molar-refractivity contribution >= 4 is 11.4 Å². The fraction of sp³-hybridized carbons (Fsp3) is 0.371. The summed E-state index contributed by atoms with van der Waals surface area (Å²) < 4.78 is 11.4. The van der Waals surface area contributed by atoms with E-state index in [1.165, 1.54) is 58.5 Å². The Morgan fingerprint density at radius 2 is 0.821 bits per heavy atom. The van der Waals surface area contributed by atoms with Gasteiger partial charge in [-0.3, -0.25) is 0 Å². The van der Waals surface area contributed by atoms with Gasteiger partial charge in [0.15, 0.2) is 0 Å². The molecule has 67 heavy (non-hydrogen) atoms. The zero-order chi connectivity index (χ0) is 48.1. The van der Waals surface area contributed by atoms with Gasteiger partial charge in [0, 0.05) is 31.5 Å². The molecule has 0 amide bonds. The minimum absolute atomic E-state index is 0. The standard InChI is InChI=1S/C17H27NO.C17H26NO.C7H8.3C7H7.Zr/c2*1-12(2)15-8-5-9-16(13(3)4)17(15)18-11-14-7-6-10-19-14;4*1-7-5-3-2-4-6-7;/h5,8-9,12-14,18H,6-7,10-11H2,1-4H3;5,8-9,12-14H,6-7,10-11H2,1-4H3;2-6H,1H3;3*2-6H,1H2;/q;-1;;3*-1;+4. The van der Waals surface area contributed by atoms with E-state index in [9.17, 15) is 0 Å². The van der Waals surface area contributed by atoms with E-state index in [-0.39, 0.29) is 26.2 Å². The number of hydrogen-bond donors (Lipinski definition) is 1. The number of ether oxygens (including phenoxy) is 2. The molecule has 2 heterocycles. The average Bonchev–Trinajstić information content (AvgIpc) is 4.05. The molecule has 0 aromatic heterocycles. The largest absolute Gasteiger partial charge is 4.00 e. The maximum absolute atomic E-state index is 5.71. The van der Waals surface area contributed by atoms with E-state index in [1.807, 2.05) is 109 Å². The number of anilines is 1. The molecule has 6 aromatic rings. The van der Waals surface area contributed by atoms with Crippen molar-refractivity contribution in [2.24, 2.45) is 0 Å². The Morgan fingerprint density at radius 3 is 1.10 bits per heavy atom. The zero-order valence-corrected chi connectivity index (χ0v) is 45.0. The fourth-order valence-corrected chi connectivity index (χ4v) is 7.42. The second-order valence-corrected chi connectivity index (χ2v) is 18.3. The van der Waals surface area contributed by atoms with E-state index in [4.69, 9.17) is 14.8 Å². The third kappa shape index (κ3) is 23.8. The molecule has 0 aliphatic carbocycles. The number of rotatable bonds is 10. The van der Waals surface area contributed by atoms with E-state index < -0.39 is 0 Å². The molecular weight excluding hydrogens is 896 g/mol. The Balaban J connectivity index is 0.000000295. The van der Waals surface area contributed by atoms with Crippen LogP contribution >= 0.6 is 0 Å². The van der Waals surface area contributed by atoms with Crippen LogP contribution in [0, 0.1) is 27.7 Å². The molecule has 0 spiro atoms. The van der Waals surface area contributed by atoms with Crippen molar-refractivity contribution < 1.29 is 35.7 Å². The van der Waals surface area contributed by atoms with Gasteiger partial charge < -0.3 is 20.1 Å². The van der Waals surface area contributed by atoms with Gasteiger partial charge in [0.1, 0.15) is 0 Å². The van der Waals surface area contributed by atoms with E-state index in [0.29, 0.717) is 35.9 Å². The summed E-state index contributed by atoms with van der Waals surface area (Å²) in [5.41, 5.74) is 12.7. The van der Waals surface area contributed by atoms with E-state index in [0.717, 1.165) is 49.4 Å². The maximum atomic E-state index is 5.71. The monoisotopic (exact) mass is 977 g/mol. The molecule has 1 N–H and O–H groups in total. The quantitative estimate of drug-likeness (QED) is 0.139. The van der Waals surface area contributed by atoms with Crippen molar-refractivity contribution in [3.05, 3.63) is 228 Å². The Labute approximate surface area is 428 Å².